The number of ether oxygens (including phenoxy) is 1. The number of hydrogen-bond acceptors (Lipinski definition) is 9. The molecule has 0 saturated heterocycles. The number of nitro benzene ring substituents is 1. The molecule has 0 aliphatic heterocycles. The average molecular weight is 393 g/mol. The lowest BCUT2D eigenvalue weighted by molar-refractivity contribution is -0.384. The summed E-state index contributed by atoms with van der Waals surface area (Å²) >= 11 is 0. The minimum Gasteiger partial charge on any atom is -0.496 e. The van der Waals surface area contributed by atoms with Crippen molar-refractivity contribution in [2.75, 3.05) is 18.2 Å². The first kappa shape index (κ1) is 18.0. The maximum absolute atomic E-state index is 11.0. The SMILES string of the molecule is COc1cc(Nc2nc(N)n(-c3cccc([N+](=O)[O-])c3)n2)ccc1-c1cnco1. The van der Waals surface area contributed by atoms with Crippen LogP contribution in [0.15, 0.2) is 59.5 Å². The maximum Gasteiger partial charge on any atom is 0.271 e. The van der Waals surface area contributed by atoms with E-state index in [4.69, 9.17) is 14.9 Å². The molecule has 2 heterocycles. The third kappa shape index (κ3) is 3.56. The number of non-ortho nitro benzene ring substituents is 1. The number of anilines is 3. The van der Waals surface area contributed by atoms with Crippen LogP contribution in [0.2, 0.25) is 0 Å². The van der Waals surface area contributed by atoms with Gasteiger partial charge in [-0.25, -0.2) is 4.98 Å². The number of hydrogen-bond donors (Lipinski definition) is 2. The zero-order chi connectivity index (χ0) is 20.4. The van der Waals surface area contributed by atoms with Gasteiger partial charge in [-0.15, -0.1) is 5.10 Å². The minimum absolute atomic E-state index is 0.0698. The van der Waals surface area contributed by atoms with E-state index in [0.717, 1.165) is 5.56 Å². The summed E-state index contributed by atoms with van der Waals surface area (Å²) in [6.07, 6.45) is 2.93. The molecule has 0 fully saturated rings. The fourth-order valence-corrected chi connectivity index (χ4v) is 2.76. The second kappa shape index (κ2) is 7.31. The standard InChI is InChI=1S/C18H15N7O4/c1-28-15-7-11(5-6-14(15)16-9-20-10-29-16)21-18-22-17(19)24(23-18)12-3-2-4-13(8-12)25(26)27/h2-10H,1H3,(H3,19,21,22,23). The first-order valence-corrected chi connectivity index (χ1v) is 8.36. The van der Waals surface area contributed by atoms with E-state index in [1.54, 1.807) is 37.6 Å². The van der Waals surface area contributed by atoms with E-state index < -0.39 is 4.92 Å². The van der Waals surface area contributed by atoms with Crippen LogP contribution in [0.3, 0.4) is 0 Å². The van der Waals surface area contributed by atoms with Crippen LogP contribution < -0.4 is 15.8 Å². The number of aromatic nitrogens is 4. The van der Waals surface area contributed by atoms with Gasteiger partial charge in [0.2, 0.25) is 11.9 Å². The van der Waals surface area contributed by atoms with E-state index >= 15 is 0 Å². The number of methoxy groups -OCH3 is 1. The number of nitro groups is 1. The Labute approximate surface area is 163 Å². The van der Waals surface area contributed by atoms with Crippen molar-refractivity contribution in [2.24, 2.45) is 0 Å². The molecule has 0 atom stereocenters. The molecule has 4 aromatic rings. The highest BCUT2D eigenvalue weighted by atomic mass is 16.6. The van der Waals surface area contributed by atoms with Crippen LogP contribution in [0.4, 0.5) is 23.3 Å². The number of nitrogens with zero attached hydrogens (tertiary/aromatic N) is 5. The van der Waals surface area contributed by atoms with E-state index in [1.165, 1.54) is 23.2 Å². The van der Waals surface area contributed by atoms with Gasteiger partial charge < -0.3 is 20.2 Å². The number of nitrogen functional groups attached to an aromatic ring is 1. The van der Waals surface area contributed by atoms with E-state index in [1.807, 2.05) is 6.07 Å². The van der Waals surface area contributed by atoms with Crippen molar-refractivity contribution >= 4 is 23.3 Å². The Hall–Kier alpha value is -4.41. The van der Waals surface area contributed by atoms with E-state index in [9.17, 15) is 10.1 Å². The quantitative estimate of drug-likeness (QED) is 0.372. The molecule has 4 rings (SSSR count). The Morgan fingerprint density at radius 3 is 2.86 bits per heavy atom. The van der Waals surface area contributed by atoms with Gasteiger partial charge in [-0.3, -0.25) is 10.1 Å². The van der Waals surface area contributed by atoms with Crippen LogP contribution in [0, 0.1) is 10.1 Å². The monoisotopic (exact) mass is 393 g/mol. The van der Waals surface area contributed by atoms with Crippen LogP contribution in [0.5, 0.6) is 5.75 Å². The average Bonchev–Trinajstić information content (AvgIpc) is 3.38. The third-order valence-electron chi connectivity index (χ3n) is 4.07. The molecule has 0 amide bonds. The molecule has 0 spiro atoms. The van der Waals surface area contributed by atoms with Gasteiger partial charge in [0.1, 0.15) is 5.75 Å². The highest BCUT2D eigenvalue weighted by molar-refractivity contribution is 5.71. The maximum atomic E-state index is 11.0. The molecule has 2 aromatic carbocycles. The van der Waals surface area contributed by atoms with Crippen LogP contribution in [0.1, 0.15) is 0 Å². The lowest BCUT2D eigenvalue weighted by Gasteiger charge is -2.09. The highest BCUT2D eigenvalue weighted by Crippen LogP contribution is 2.33. The molecule has 11 nitrogen and oxygen atoms in total. The fourth-order valence-electron chi connectivity index (χ4n) is 2.76. The Morgan fingerprint density at radius 2 is 2.14 bits per heavy atom. The van der Waals surface area contributed by atoms with Crippen molar-refractivity contribution in [1.82, 2.24) is 19.7 Å². The summed E-state index contributed by atoms with van der Waals surface area (Å²) in [6.45, 7) is 0. The van der Waals surface area contributed by atoms with Crippen molar-refractivity contribution in [3.63, 3.8) is 0 Å². The van der Waals surface area contributed by atoms with Gasteiger partial charge in [0, 0.05) is 23.9 Å². The summed E-state index contributed by atoms with van der Waals surface area (Å²) in [5, 5.41) is 18.3. The second-order valence-electron chi connectivity index (χ2n) is 5.89. The molecule has 0 unspecified atom stereocenters. The van der Waals surface area contributed by atoms with Crippen molar-refractivity contribution in [3.05, 3.63) is 65.2 Å². The van der Waals surface area contributed by atoms with Crippen LogP contribution in [0.25, 0.3) is 17.0 Å². The molecule has 0 bridgehead atoms. The van der Waals surface area contributed by atoms with E-state index in [0.29, 0.717) is 22.9 Å². The van der Waals surface area contributed by atoms with Crippen molar-refractivity contribution in [2.45, 2.75) is 0 Å². The molecule has 0 aliphatic carbocycles. The van der Waals surface area contributed by atoms with Gasteiger partial charge in [-0.1, -0.05) is 6.07 Å². The largest absolute Gasteiger partial charge is 0.496 e. The van der Waals surface area contributed by atoms with Gasteiger partial charge in [-0.2, -0.15) is 9.67 Å². The zero-order valence-corrected chi connectivity index (χ0v) is 15.1. The number of oxazole rings is 1. The van der Waals surface area contributed by atoms with E-state index in [-0.39, 0.29) is 17.6 Å². The molecule has 0 radical (unpaired) electrons. The van der Waals surface area contributed by atoms with Crippen molar-refractivity contribution in [1.29, 1.82) is 0 Å². The van der Waals surface area contributed by atoms with Crippen LogP contribution in [-0.2, 0) is 0 Å². The first-order valence-electron chi connectivity index (χ1n) is 8.36. The molecule has 0 saturated carbocycles. The summed E-state index contributed by atoms with van der Waals surface area (Å²) < 4.78 is 12.0. The number of rotatable bonds is 6. The van der Waals surface area contributed by atoms with Crippen molar-refractivity contribution < 1.29 is 14.1 Å². The molecule has 11 heteroatoms. The van der Waals surface area contributed by atoms with Gasteiger partial charge in [-0.05, 0) is 18.2 Å². The number of nitrogens with two attached hydrogens (primary N) is 1. The van der Waals surface area contributed by atoms with Crippen LogP contribution in [-0.4, -0.2) is 31.8 Å². The third-order valence-corrected chi connectivity index (χ3v) is 4.07. The summed E-state index contributed by atoms with van der Waals surface area (Å²) in [5.74, 6) is 1.45. The fraction of sp³-hybridized carbons (Fsp3) is 0.0556. The second-order valence-corrected chi connectivity index (χ2v) is 5.89. The normalized spacial score (nSPS) is 10.7. The van der Waals surface area contributed by atoms with Crippen LogP contribution >= 0.6 is 0 Å². The zero-order valence-electron chi connectivity index (χ0n) is 15.1. The summed E-state index contributed by atoms with van der Waals surface area (Å²) in [4.78, 5) is 18.6. The molecule has 2 aromatic heterocycles. The Bertz CT molecular complexity index is 1170. The smallest absolute Gasteiger partial charge is 0.271 e. The molecular weight excluding hydrogens is 378 g/mol. The Kier molecular flexibility index (Phi) is 4.53. The number of nitrogens with one attached hydrogen (secondary N) is 1. The number of benzene rings is 2. The Balaban J connectivity index is 1.62. The van der Waals surface area contributed by atoms with Gasteiger partial charge >= 0.3 is 0 Å². The van der Waals surface area contributed by atoms with Crippen molar-refractivity contribution in [3.8, 4) is 22.8 Å². The lowest BCUT2D eigenvalue weighted by Crippen LogP contribution is -2.03. The molecular formula is C18H15N7O4. The lowest BCUT2D eigenvalue weighted by atomic mass is 10.1. The topological polar surface area (TPSA) is 147 Å². The van der Waals surface area contributed by atoms with Gasteiger partial charge in [0.15, 0.2) is 12.2 Å². The summed E-state index contributed by atoms with van der Waals surface area (Å²) in [6, 6.07) is 11.3. The Morgan fingerprint density at radius 1 is 1.28 bits per heavy atom. The molecule has 146 valence electrons. The molecule has 0 aliphatic rings. The minimum atomic E-state index is -0.488. The molecule has 29 heavy (non-hydrogen) atoms. The molecule has 3 N–H and O–H groups in total. The van der Waals surface area contributed by atoms with E-state index in [2.05, 4.69) is 20.4 Å². The summed E-state index contributed by atoms with van der Waals surface area (Å²) in [7, 11) is 1.55. The predicted molar refractivity (Wildman–Crippen MR) is 104 cm³/mol. The van der Waals surface area contributed by atoms with Gasteiger partial charge in [0.25, 0.3) is 5.69 Å². The first-order chi connectivity index (χ1) is 14.0. The van der Waals surface area contributed by atoms with Gasteiger partial charge in [0.05, 0.1) is 29.5 Å². The summed E-state index contributed by atoms with van der Waals surface area (Å²) in [5.41, 5.74) is 7.68. The highest BCUT2D eigenvalue weighted by Gasteiger charge is 2.14. The predicted octanol–water partition coefficient (Wildman–Crippen LogP) is 3.16.